The van der Waals surface area contributed by atoms with Crippen LogP contribution in [0.1, 0.15) is 52.7 Å². The van der Waals surface area contributed by atoms with Gasteiger partial charge in [0.2, 0.25) is 5.82 Å². The zero-order valence-electron chi connectivity index (χ0n) is 33.6. The van der Waals surface area contributed by atoms with Gasteiger partial charge in [0.15, 0.2) is 29.6 Å². The summed E-state index contributed by atoms with van der Waals surface area (Å²) in [4.78, 5) is 37.0. The molecule has 1 amide bonds. The van der Waals surface area contributed by atoms with Gasteiger partial charge in [-0.15, -0.1) is 0 Å². The lowest BCUT2D eigenvalue weighted by Gasteiger charge is -2.18. The zero-order chi connectivity index (χ0) is 42.6. The highest BCUT2D eigenvalue weighted by Crippen LogP contribution is 2.26. The van der Waals surface area contributed by atoms with Crippen molar-refractivity contribution in [1.29, 1.82) is 0 Å². The minimum Gasteiger partial charge on any atom is -0.476 e. The number of carboxylic acids is 1. The first-order valence-corrected chi connectivity index (χ1v) is 20.7. The van der Waals surface area contributed by atoms with E-state index in [-0.39, 0.29) is 23.7 Å². The quantitative estimate of drug-likeness (QED) is 0.181. The summed E-state index contributed by atoms with van der Waals surface area (Å²) in [5.41, 5.74) is 11.8. The van der Waals surface area contributed by atoms with Gasteiger partial charge in [-0.3, -0.25) is 4.79 Å². The molecule has 4 N–H and O–H groups in total. The van der Waals surface area contributed by atoms with Crippen molar-refractivity contribution in [2.75, 3.05) is 36.0 Å². The number of fused-ring (bicyclic) bond motifs is 2. The molecule has 0 radical (unpaired) electrons. The summed E-state index contributed by atoms with van der Waals surface area (Å²) >= 11 is 11.7. The van der Waals surface area contributed by atoms with Crippen molar-refractivity contribution >= 4 is 57.8 Å². The van der Waals surface area contributed by atoms with Crippen molar-refractivity contribution in [3.8, 4) is 11.4 Å². The minimum atomic E-state index is -1.04. The average Bonchev–Trinajstić information content (AvgIpc) is 4.13. The number of carboxylic acid groups (broad SMARTS) is 1. The highest BCUT2D eigenvalue weighted by atomic mass is 35.5. The number of hydrogen-bond donors (Lipinski definition) is 3. The third-order valence-electron chi connectivity index (χ3n) is 10.8. The first kappa shape index (κ1) is 41.2. The number of rotatable bonds is 7. The van der Waals surface area contributed by atoms with Gasteiger partial charge in [0.1, 0.15) is 0 Å². The number of hydrogen-bond acceptors (Lipinski definition) is 9. The molecule has 0 aliphatic carbocycles. The summed E-state index contributed by atoms with van der Waals surface area (Å²) in [6.07, 6.45) is 18.2. The molecule has 17 heteroatoms. The lowest BCUT2D eigenvalue weighted by atomic mass is 10.2. The topological polar surface area (TPSA) is 171 Å². The van der Waals surface area contributed by atoms with Gasteiger partial charge in [0.05, 0.1) is 29.5 Å². The van der Waals surface area contributed by atoms with E-state index in [1.807, 2.05) is 36.9 Å². The van der Waals surface area contributed by atoms with Gasteiger partial charge in [-0.2, -0.15) is 14.4 Å². The molecule has 0 unspecified atom stereocenters. The highest BCUT2D eigenvalue weighted by Gasteiger charge is 2.29. The molecule has 15 nitrogen and oxygen atoms in total. The summed E-state index contributed by atoms with van der Waals surface area (Å²) in [5, 5.41) is 22.6. The number of benzene rings is 2. The Morgan fingerprint density at radius 1 is 0.770 bits per heavy atom. The Morgan fingerprint density at radius 2 is 1.39 bits per heavy atom. The number of carbonyl (C=O) groups excluding carboxylic acids is 1. The maximum Gasteiger partial charge on any atom is 0.356 e. The number of carbonyl (C=O) groups is 2. The molecule has 0 spiro atoms. The van der Waals surface area contributed by atoms with Gasteiger partial charge in [-0.1, -0.05) is 23.2 Å². The van der Waals surface area contributed by atoms with Crippen LogP contribution in [0.3, 0.4) is 0 Å². The number of nitrogens with two attached hydrogens (primary N) is 1. The van der Waals surface area contributed by atoms with Crippen molar-refractivity contribution in [2.45, 2.75) is 45.2 Å². The Morgan fingerprint density at radius 3 is 2.03 bits per heavy atom. The monoisotopic (exact) mass is 859 g/mol. The lowest BCUT2D eigenvalue weighted by Crippen LogP contribution is -2.43. The third-order valence-corrected chi connectivity index (χ3v) is 11.3. The van der Waals surface area contributed by atoms with Crippen LogP contribution in [0.2, 0.25) is 10.0 Å². The number of aromatic carboxylic acids is 1. The number of aromatic nitrogens is 8. The molecule has 5 aromatic heterocycles. The molecule has 10 rings (SSSR count). The second kappa shape index (κ2) is 18.0. The summed E-state index contributed by atoms with van der Waals surface area (Å²) in [6, 6.07) is 19.9. The Hall–Kier alpha value is -6.55. The van der Waals surface area contributed by atoms with Gasteiger partial charge in [0.25, 0.3) is 11.3 Å². The molecule has 3 aliphatic heterocycles. The molecule has 312 valence electrons. The second-order valence-electron chi connectivity index (χ2n) is 15.1. The van der Waals surface area contributed by atoms with E-state index in [9.17, 15) is 9.59 Å². The van der Waals surface area contributed by atoms with E-state index in [0.29, 0.717) is 15.7 Å². The van der Waals surface area contributed by atoms with Crippen molar-refractivity contribution in [3.05, 3.63) is 149 Å². The Kier molecular flexibility index (Phi) is 12.1. The first-order valence-electron chi connectivity index (χ1n) is 19.9. The summed E-state index contributed by atoms with van der Waals surface area (Å²) in [6.45, 7) is 7.79. The number of anilines is 2. The predicted molar refractivity (Wildman–Crippen MR) is 234 cm³/mol. The largest absolute Gasteiger partial charge is 0.476 e. The summed E-state index contributed by atoms with van der Waals surface area (Å²) in [7, 11) is 0. The molecule has 2 aromatic carbocycles. The molecule has 7 aromatic rings. The summed E-state index contributed by atoms with van der Waals surface area (Å²) in [5.74, 6) is 0.861. The van der Waals surface area contributed by atoms with Crippen molar-refractivity contribution < 1.29 is 18.9 Å². The fourth-order valence-corrected chi connectivity index (χ4v) is 7.91. The maximum atomic E-state index is 12.7. The molecule has 2 atom stereocenters. The summed E-state index contributed by atoms with van der Waals surface area (Å²) < 4.78 is 7.43. The first-order chi connectivity index (χ1) is 29.5. The second-order valence-corrected chi connectivity index (χ2v) is 16.0. The van der Waals surface area contributed by atoms with Crippen LogP contribution in [0.4, 0.5) is 11.6 Å². The minimum absolute atomic E-state index is 0.0185. The SMILES string of the molecule is CC1=c2c(N3CC[C@H](NC(=O)c4ccn(-c5ccc(Cl)cc5)n4)C3)ncc[n+]2=CC1.Cc1ccn2ccnc(N3CC[C@H](N)C3)c12.O=C(O)c1ccn(-c2ccc(Cl)cc2)n1. The van der Waals surface area contributed by atoms with Gasteiger partial charge >= 0.3 is 5.97 Å². The number of nitrogens with zero attached hydrogens (tertiary/aromatic N) is 10. The van der Waals surface area contributed by atoms with E-state index < -0.39 is 5.97 Å². The van der Waals surface area contributed by atoms with E-state index in [2.05, 4.69) is 76.3 Å². The van der Waals surface area contributed by atoms with Crippen LogP contribution in [0.25, 0.3) is 22.5 Å². The van der Waals surface area contributed by atoms with Gasteiger partial charge in [0, 0.05) is 84.9 Å². The molecule has 0 saturated carbocycles. The number of halogens is 2. The predicted octanol–water partition coefficient (Wildman–Crippen LogP) is 5.21. The van der Waals surface area contributed by atoms with Crippen LogP contribution in [0.15, 0.2) is 110 Å². The average molecular weight is 861 g/mol. The highest BCUT2D eigenvalue weighted by molar-refractivity contribution is 6.30. The van der Waals surface area contributed by atoms with E-state index in [4.69, 9.17) is 34.0 Å². The van der Waals surface area contributed by atoms with Crippen molar-refractivity contribution in [3.63, 3.8) is 0 Å². The fourth-order valence-electron chi connectivity index (χ4n) is 7.66. The maximum absolute atomic E-state index is 12.7. The van der Waals surface area contributed by atoms with Gasteiger partial charge in [-0.25, -0.2) is 24.1 Å². The number of nitrogens with one attached hydrogen (secondary N) is 1. The van der Waals surface area contributed by atoms with Crippen LogP contribution in [0.5, 0.6) is 0 Å². The van der Waals surface area contributed by atoms with E-state index in [0.717, 1.165) is 68.5 Å². The van der Waals surface area contributed by atoms with E-state index in [1.54, 1.807) is 59.5 Å². The molecule has 2 fully saturated rings. The van der Waals surface area contributed by atoms with Crippen LogP contribution in [-0.2, 0) is 0 Å². The van der Waals surface area contributed by atoms with Crippen molar-refractivity contribution in [2.24, 2.45) is 5.73 Å². The zero-order valence-corrected chi connectivity index (χ0v) is 35.2. The molecule has 8 heterocycles. The Balaban J connectivity index is 0.000000139. The van der Waals surface area contributed by atoms with Gasteiger partial charge < -0.3 is 30.4 Å². The molecule has 3 aliphatic rings. The van der Waals surface area contributed by atoms with Gasteiger partial charge in [-0.05, 0) is 99.0 Å². The molecular formula is C44H45Cl2N12O3+. The van der Waals surface area contributed by atoms with Crippen LogP contribution < -0.4 is 30.4 Å². The molecular weight excluding hydrogens is 815 g/mol. The Bertz CT molecular complexity index is 2820. The standard InChI is InChI=1S/C22H21ClN6O.C12H16N4.C10H7ClN2O2/c1-15-6-10-27-13-9-24-21(20(15)27)28-11-7-17(14-28)25-22(30)19-8-12-29(26-19)18-4-2-16(23)3-5-18;1-9-2-5-15-7-4-14-12(11(9)15)16-6-3-10(13)8-16;11-7-1-3-8(4-2-7)13-6-5-9(12-13)10(14)15/h2-5,8-10,12-13,17H,6-7,11,14H2,1H3;2,4-5,7,10H,3,6,8,13H2,1H3;1-6H,(H,14,15)/p+1/t17-;10-;/m00./s1. The van der Waals surface area contributed by atoms with Crippen LogP contribution in [-0.4, -0.2) is 89.2 Å². The fraction of sp³-hybridized carbons (Fsp3) is 0.250. The molecule has 61 heavy (non-hydrogen) atoms. The smallest absolute Gasteiger partial charge is 0.356 e. The van der Waals surface area contributed by atoms with E-state index >= 15 is 0 Å². The number of amides is 1. The normalized spacial score (nSPS) is 16.7. The van der Waals surface area contributed by atoms with Crippen LogP contribution >= 0.6 is 23.2 Å². The Labute approximate surface area is 361 Å². The van der Waals surface area contributed by atoms with Crippen molar-refractivity contribution in [1.82, 2.24) is 39.2 Å². The van der Waals surface area contributed by atoms with E-state index in [1.165, 1.54) is 32.8 Å². The van der Waals surface area contributed by atoms with Crippen LogP contribution in [0, 0.1) is 13.1 Å². The number of aryl methyl sites for hydroxylation is 1. The lowest BCUT2D eigenvalue weighted by molar-refractivity contribution is -0.521. The third kappa shape index (κ3) is 9.28. The molecule has 0 bridgehead atoms. The molecule has 2 saturated heterocycles.